The second kappa shape index (κ2) is 7.82. The van der Waals surface area contributed by atoms with Crippen molar-refractivity contribution >= 4 is 16.6 Å². The number of carbonyl (C=O) groups is 1. The van der Waals surface area contributed by atoms with Crippen molar-refractivity contribution in [3.05, 3.63) is 96.1 Å². The highest BCUT2D eigenvalue weighted by atomic mass is 19.4. The zero-order chi connectivity index (χ0) is 22.3. The maximum Gasteiger partial charge on any atom is 0.573 e. The summed E-state index contributed by atoms with van der Waals surface area (Å²) in [5.41, 5.74) is 2.24. The Morgan fingerprint density at radius 2 is 1.81 bits per heavy atom. The first-order valence-electron chi connectivity index (χ1n) is 10.3. The molecule has 0 spiro atoms. The number of hydrogen-bond acceptors (Lipinski definition) is 2. The predicted octanol–water partition coefficient (Wildman–Crippen LogP) is 5.25. The highest BCUT2D eigenvalue weighted by Gasteiger charge is 2.36. The summed E-state index contributed by atoms with van der Waals surface area (Å²) in [6.07, 6.45) is 4.25. The van der Waals surface area contributed by atoms with Crippen molar-refractivity contribution in [3.63, 3.8) is 0 Å². The van der Waals surface area contributed by atoms with E-state index in [0.29, 0.717) is 24.0 Å². The van der Waals surface area contributed by atoms with Crippen LogP contribution in [0.2, 0.25) is 0 Å². The van der Waals surface area contributed by atoms with Crippen LogP contribution in [0.3, 0.4) is 0 Å². The molecule has 162 valence electrons. The van der Waals surface area contributed by atoms with Crippen LogP contribution in [0.4, 0.5) is 13.2 Å². The zero-order valence-electron chi connectivity index (χ0n) is 17.0. The van der Waals surface area contributed by atoms with Crippen LogP contribution in [0, 0.1) is 0 Å². The minimum atomic E-state index is -4.75. The summed E-state index contributed by atoms with van der Waals surface area (Å²) in [5, 5.41) is 2.10. The second-order valence-electron chi connectivity index (χ2n) is 8.00. The lowest BCUT2D eigenvalue weighted by Crippen LogP contribution is -2.45. The summed E-state index contributed by atoms with van der Waals surface area (Å²) in [4.78, 5) is 13.1. The number of hydrogen-bond donors (Lipinski definition) is 0. The first kappa shape index (κ1) is 20.3. The number of benzene rings is 2. The Morgan fingerprint density at radius 1 is 1.03 bits per heavy atom. The molecule has 32 heavy (non-hydrogen) atoms. The molecule has 0 saturated carbocycles. The van der Waals surface area contributed by atoms with Gasteiger partial charge in [-0.15, -0.1) is 13.2 Å². The fraction of sp³-hybridized carbons (Fsp3) is 0.200. The number of halogens is 3. The van der Waals surface area contributed by atoms with Gasteiger partial charge in [-0.1, -0.05) is 30.3 Å². The van der Waals surface area contributed by atoms with E-state index in [9.17, 15) is 18.0 Å². The van der Waals surface area contributed by atoms with Crippen LogP contribution in [-0.4, -0.2) is 16.7 Å². The fourth-order valence-electron chi connectivity index (χ4n) is 4.34. The lowest BCUT2D eigenvalue weighted by molar-refractivity contribution is -0.707. The normalized spacial score (nSPS) is 16.2. The Morgan fingerprint density at radius 3 is 2.59 bits per heavy atom. The third-order valence-corrected chi connectivity index (χ3v) is 5.79. The van der Waals surface area contributed by atoms with Crippen LogP contribution >= 0.6 is 0 Å². The van der Waals surface area contributed by atoms with Gasteiger partial charge in [0, 0.05) is 42.4 Å². The standard InChI is InChI=1S/C25H20F3N2O2/c26-25(27,28)32-21-7-8-22-18(12-21)6-9-23(24(22)31)30-11-10-19-14-29(15-20(19)16-30)13-17-4-2-1-3-5-17/h1-5,7-8,10-12,14-16,23H,6,9,13H2/q+1. The first-order valence-corrected chi connectivity index (χ1v) is 10.3. The van der Waals surface area contributed by atoms with Gasteiger partial charge < -0.3 is 9.30 Å². The molecule has 0 N–H and O–H groups in total. The molecule has 2 aromatic carbocycles. The summed E-state index contributed by atoms with van der Waals surface area (Å²) >= 11 is 0. The number of ether oxygens (including phenoxy) is 1. The maximum atomic E-state index is 13.1. The van der Waals surface area contributed by atoms with Gasteiger partial charge in [0.1, 0.15) is 5.75 Å². The number of fused-ring (bicyclic) bond motifs is 2. The molecule has 0 saturated heterocycles. The van der Waals surface area contributed by atoms with Gasteiger partial charge in [0.05, 0.1) is 5.39 Å². The molecule has 0 bridgehead atoms. The number of ketones is 1. The lowest BCUT2D eigenvalue weighted by Gasteiger charge is -2.20. The Hall–Kier alpha value is -3.61. The van der Waals surface area contributed by atoms with E-state index < -0.39 is 12.4 Å². The average molecular weight is 437 g/mol. The molecule has 1 unspecified atom stereocenters. The van der Waals surface area contributed by atoms with E-state index in [2.05, 4.69) is 33.8 Å². The quantitative estimate of drug-likeness (QED) is 0.409. The lowest BCUT2D eigenvalue weighted by atomic mass is 9.86. The minimum Gasteiger partial charge on any atom is -0.406 e. The minimum absolute atomic E-state index is 0.0992. The number of pyridine rings is 1. The van der Waals surface area contributed by atoms with Gasteiger partial charge in [-0.2, -0.15) is 4.57 Å². The van der Waals surface area contributed by atoms with Crippen LogP contribution < -0.4 is 9.30 Å². The summed E-state index contributed by atoms with van der Waals surface area (Å²) in [6, 6.07) is 15.7. The Balaban J connectivity index is 1.39. The van der Waals surface area contributed by atoms with Crippen molar-refractivity contribution in [3.8, 4) is 5.75 Å². The molecule has 1 aliphatic rings. The highest BCUT2D eigenvalue weighted by molar-refractivity contribution is 6.00. The highest BCUT2D eigenvalue weighted by Crippen LogP contribution is 2.31. The number of nitrogens with zero attached hydrogens (tertiary/aromatic N) is 2. The van der Waals surface area contributed by atoms with Crippen molar-refractivity contribution in [1.82, 2.24) is 4.57 Å². The van der Waals surface area contributed by atoms with E-state index in [1.54, 1.807) is 0 Å². The molecule has 1 aliphatic carbocycles. The largest absolute Gasteiger partial charge is 0.573 e. The Bertz CT molecular complexity index is 1300. The van der Waals surface area contributed by atoms with Gasteiger partial charge in [-0.25, -0.2) is 0 Å². The molecule has 0 radical (unpaired) electrons. The topological polar surface area (TPSA) is 35.1 Å². The Kier molecular flexibility index (Phi) is 4.96. The monoisotopic (exact) mass is 437 g/mol. The van der Waals surface area contributed by atoms with Gasteiger partial charge in [-0.05, 0) is 35.7 Å². The predicted molar refractivity (Wildman–Crippen MR) is 112 cm³/mol. The molecule has 4 aromatic rings. The van der Waals surface area contributed by atoms with Crippen molar-refractivity contribution < 1.29 is 27.3 Å². The van der Waals surface area contributed by atoms with Crippen molar-refractivity contribution in [2.45, 2.75) is 31.8 Å². The smallest absolute Gasteiger partial charge is 0.406 e. The van der Waals surface area contributed by atoms with E-state index in [0.717, 1.165) is 17.3 Å². The number of carbonyl (C=O) groups excluding carboxylic acids is 1. The van der Waals surface area contributed by atoms with Crippen molar-refractivity contribution in [1.29, 1.82) is 0 Å². The van der Waals surface area contributed by atoms with E-state index >= 15 is 0 Å². The molecule has 2 aromatic heterocycles. The molecule has 0 amide bonds. The van der Waals surface area contributed by atoms with Crippen LogP contribution in [0.1, 0.15) is 33.9 Å². The maximum absolute atomic E-state index is 13.1. The third kappa shape index (κ3) is 4.10. The van der Waals surface area contributed by atoms with Gasteiger partial charge in [0.15, 0.2) is 12.4 Å². The molecule has 1 atom stereocenters. The number of aryl methyl sites for hydroxylation is 1. The fourth-order valence-corrected chi connectivity index (χ4v) is 4.34. The summed E-state index contributed by atoms with van der Waals surface area (Å²) < 4.78 is 45.5. The van der Waals surface area contributed by atoms with E-state index in [4.69, 9.17) is 0 Å². The third-order valence-electron chi connectivity index (χ3n) is 5.79. The molecule has 2 heterocycles. The summed E-state index contributed by atoms with van der Waals surface area (Å²) in [7, 11) is 0. The van der Waals surface area contributed by atoms with Crippen molar-refractivity contribution in [2.75, 3.05) is 0 Å². The Labute approximate surface area is 182 Å². The molecule has 0 aliphatic heterocycles. The molecular formula is C25H20F3N2O2+. The number of rotatable bonds is 4. The van der Waals surface area contributed by atoms with Gasteiger partial charge in [-0.3, -0.25) is 4.79 Å². The number of alkyl halides is 3. The average Bonchev–Trinajstić information content (AvgIpc) is 3.15. The van der Waals surface area contributed by atoms with E-state index in [1.165, 1.54) is 23.8 Å². The van der Waals surface area contributed by atoms with Crippen molar-refractivity contribution in [2.24, 2.45) is 0 Å². The molecule has 0 fully saturated rings. The number of aromatic nitrogens is 2. The summed E-state index contributed by atoms with van der Waals surface area (Å²) in [6.45, 7) is 0.758. The van der Waals surface area contributed by atoms with Gasteiger partial charge in [0.2, 0.25) is 11.8 Å². The van der Waals surface area contributed by atoms with E-state index in [1.807, 2.05) is 41.2 Å². The second-order valence-corrected chi connectivity index (χ2v) is 8.00. The van der Waals surface area contributed by atoms with Crippen LogP contribution in [-0.2, 0) is 13.0 Å². The van der Waals surface area contributed by atoms with Crippen LogP contribution in [0.25, 0.3) is 10.8 Å². The zero-order valence-corrected chi connectivity index (χ0v) is 17.0. The summed E-state index contributed by atoms with van der Waals surface area (Å²) in [5.74, 6) is -0.394. The SMILES string of the molecule is O=C1c2ccc(OC(F)(F)F)cc2CCC1[n+]1ccc2cn(Cc3ccccc3)cc2c1. The van der Waals surface area contributed by atoms with Crippen LogP contribution in [0.15, 0.2) is 79.4 Å². The van der Waals surface area contributed by atoms with Crippen LogP contribution in [0.5, 0.6) is 5.75 Å². The number of Topliss-reactive ketones (excluding diaryl/α,β-unsaturated/α-hetero) is 1. The molecule has 5 rings (SSSR count). The first-order chi connectivity index (χ1) is 15.4. The molecule has 7 heteroatoms. The molecular weight excluding hydrogens is 417 g/mol. The molecule has 4 nitrogen and oxygen atoms in total. The van der Waals surface area contributed by atoms with Gasteiger partial charge >= 0.3 is 6.36 Å². The van der Waals surface area contributed by atoms with Gasteiger partial charge in [0.25, 0.3) is 0 Å². The van der Waals surface area contributed by atoms with E-state index in [-0.39, 0.29) is 11.5 Å².